The maximum atomic E-state index is 12.8. The number of hydrogen-bond acceptors (Lipinski definition) is 5. The first-order chi connectivity index (χ1) is 12.5. The standard InChI is InChI=1S/C17H13BrN4O3S/c1-9(23)21-11-6-4-3-5-10(11)14-15(24)19-17(26-2)20-22(14)16(21)12-7-8-13(18)25-12/h3-8,16H,1-2H3/p+1. The van der Waals surface area contributed by atoms with Crippen LogP contribution >= 0.6 is 27.7 Å². The second kappa shape index (κ2) is 6.40. The summed E-state index contributed by atoms with van der Waals surface area (Å²) in [5.74, 6) is 0.318. The van der Waals surface area contributed by atoms with Crippen molar-refractivity contribution in [3.63, 3.8) is 0 Å². The van der Waals surface area contributed by atoms with Crippen molar-refractivity contribution in [3.05, 3.63) is 57.2 Å². The number of amides is 1. The van der Waals surface area contributed by atoms with Gasteiger partial charge in [-0.2, -0.15) is 0 Å². The molecule has 0 saturated carbocycles. The number of hydrogen-bond donors (Lipinski definition) is 1. The van der Waals surface area contributed by atoms with Crippen LogP contribution in [0.2, 0.25) is 0 Å². The van der Waals surface area contributed by atoms with Gasteiger partial charge in [-0.25, -0.2) is 4.90 Å². The molecule has 3 aromatic rings. The van der Waals surface area contributed by atoms with E-state index in [2.05, 4.69) is 26.0 Å². The van der Waals surface area contributed by atoms with E-state index < -0.39 is 6.17 Å². The van der Waals surface area contributed by atoms with E-state index >= 15 is 0 Å². The first-order valence-electron chi connectivity index (χ1n) is 7.76. The molecular formula is C17H14BrN4O3S+. The van der Waals surface area contributed by atoms with E-state index in [1.54, 1.807) is 27.8 Å². The second-order valence-corrected chi connectivity index (χ2v) is 7.25. The smallest absolute Gasteiger partial charge is 0.325 e. The number of aromatic nitrogens is 3. The quantitative estimate of drug-likeness (QED) is 0.496. The van der Waals surface area contributed by atoms with Crippen molar-refractivity contribution < 1.29 is 13.9 Å². The molecular weight excluding hydrogens is 420 g/mol. The number of fused-ring (bicyclic) bond motifs is 3. The highest BCUT2D eigenvalue weighted by Crippen LogP contribution is 2.37. The molecule has 2 aromatic heterocycles. The van der Waals surface area contributed by atoms with Gasteiger partial charge in [0.15, 0.2) is 10.4 Å². The predicted molar refractivity (Wildman–Crippen MR) is 100.0 cm³/mol. The Morgan fingerprint density at radius 1 is 1.35 bits per heavy atom. The van der Waals surface area contributed by atoms with Gasteiger partial charge in [0.25, 0.3) is 0 Å². The summed E-state index contributed by atoms with van der Waals surface area (Å²) < 4.78 is 7.82. The Balaban J connectivity index is 2.10. The van der Waals surface area contributed by atoms with E-state index in [-0.39, 0.29) is 11.5 Å². The number of para-hydroxylation sites is 1. The molecule has 1 unspecified atom stereocenters. The predicted octanol–water partition coefficient (Wildman–Crippen LogP) is 2.72. The minimum absolute atomic E-state index is 0.180. The van der Waals surface area contributed by atoms with Gasteiger partial charge < -0.3 is 4.42 Å². The van der Waals surface area contributed by atoms with Crippen molar-refractivity contribution >= 4 is 39.3 Å². The molecule has 7 nitrogen and oxygen atoms in total. The highest BCUT2D eigenvalue weighted by Gasteiger charge is 2.46. The number of carbonyl (C=O) groups is 1. The molecule has 1 atom stereocenters. The zero-order valence-electron chi connectivity index (χ0n) is 13.9. The average molecular weight is 434 g/mol. The molecule has 0 saturated heterocycles. The number of thioether (sulfide) groups is 1. The van der Waals surface area contributed by atoms with Crippen LogP contribution in [0.4, 0.5) is 5.69 Å². The van der Waals surface area contributed by atoms with Crippen LogP contribution in [0.3, 0.4) is 0 Å². The zero-order chi connectivity index (χ0) is 18.4. The molecule has 0 aliphatic carbocycles. The minimum Gasteiger partial charge on any atom is -0.445 e. The van der Waals surface area contributed by atoms with Crippen molar-refractivity contribution in [2.45, 2.75) is 18.2 Å². The van der Waals surface area contributed by atoms with Gasteiger partial charge in [0.1, 0.15) is 0 Å². The molecule has 1 aromatic carbocycles. The normalized spacial score (nSPS) is 15.5. The van der Waals surface area contributed by atoms with Crippen molar-refractivity contribution in [1.29, 1.82) is 0 Å². The summed E-state index contributed by atoms with van der Waals surface area (Å²) in [5.41, 5.74) is 1.40. The lowest BCUT2D eigenvalue weighted by molar-refractivity contribution is -0.764. The molecule has 132 valence electrons. The van der Waals surface area contributed by atoms with Crippen LogP contribution in [-0.2, 0) is 4.79 Å². The number of H-pyrrole nitrogens is 1. The number of carbonyl (C=O) groups excluding carboxylic acids is 1. The molecule has 0 spiro atoms. The van der Waals surface area contributed by atoms with Gasteiger partial charge in [0.05, 0.1) is 11.3 Å². The van der Waals surface area contributed by atoms with Crippen LogP contribution in [0.25, 0.3) is 11.3 Å². The molecule has 1 amide bonds. The van der Waals surface area contributed by atoms with Gasteiger partial charge in [-0.3, -0.25) is 14.6 Å². The van der Waals surface area contributed by atoms with Crippen molar-refractivity contribution in [1.82, 2.24) is 10.1 Å². The van der Waals surface area contributed by atoms with Crippen LogP contribution in [-0.4, -0.2) is 22.2 Å². The number of halogens is 1. The average Bonchev–Trinajstić information content (AvgIpc) is 3.05. The Bertz CT molecular complexity index is 1080. The van der Waals surface area contributed by atoms with Gasteiger partial charge in [0, 0.05) is 12.0 Å². The van der Waals surface area contributed by atoms with Crippen LogP contribution in [0.5, 0.6) is 0 Å². The number of aromatic amines is 1. The molecule has 9 heteroatoms. The third-order valence-corrected chi connectivity index (χ3v) is 5.14. The van der Waals surface area contributed by atoms with E-state index in [9.17, 15) is 9.59 Å². The topological polar surface area (TPSA) is 83.1 Å². The first-order valence-corrected chi connectivity index (χ1v) is 9.77. The minimum atomic E-state index is -0.697. The molecule has 0 radical (unpaired) electrons. The molecule has 1 aliphatic rings. The van der Waals surface area contributed by atoms with Crippen LogP contribution in [0, 0.1) is 0 Å². The molecule has 26 heavy (non-hydrogen) atoms. The Labute approximate surface area is 161 Å². The number of benzene rings is 1. The highest BCUT2D eigenvalue weighted by molar-refractivity contribution is 9.10. The van der Waals surface area contributed by atoms with E-state index in [1.165, 1.54) is 18.7 Å². The van der Waals surface area contributed by atoms with E-state index in [0.29, 0.717) is 32.5 Å². The largest absolute Gasteiger partial charge is 0.445 e. The Hall–Kier alpha value is -2.39. The Morgan fingerprint density at radius 3 is 2.77 bits per heavy atom. The fourth-order valence-corrected chi connectivity index (χ4v) is 3.81. The van der Waals surface area contributed by atoms with E-state index in [4.69, 9.17) is 4.42 Å². The fourth-order valence-electron chi connectivity index (χ4n) is 3.13. The summed E-state index contributed by atoms with van der Waals surface area (Å²) in [6.45, 7) is 1.48. The molecule has 4 rings (SSSR count). The summed E-state index contributed by atoms with van der Waals surface area (Å²) in [7, 11) is 0. The number of nitrogens with zero attached hydrogens (tertiary/aromatic N) is 3. The molecule has 1 N–H and O–H groups in total. The number of nitrogens with one attached hydrogen (secondary N) is 1. The van der Waals surface area contributed by atoms with Crippen LogP contribution < -0.4 is 15.1 Å². The van der Waals surface area contributed by atoms with E-state index in [0.717, 1.165) is 0 Å². The summed E-state index contributed by atoms with van der Waals surface area (Å²) in [4.78, 5) is 29.7. The molecule has 0 bridgehead atoms. The van der Waals surface area contributed by atoms with Crippen LogP contribution in [0.1, 0.15) is 18.8 Å². The van der Waals surface area contributed by atoms with Gasteiger partial charge in [-0.15, -0.1) is 0 Å². The second-order valence-electron chi connectivity index (χ2n) is 5.68. The zero-order valence-corrected chi connectivity index (χ0v) is 16.3. The number of rotatable bonds is 2. The number of anilines is 1. The Morgan fingerprint density at radius 2 is 2.12 bits per heavy atom. The maximum absolute atomic E-state index is 12.8. The molecule has 1 aliphatic heterocycles. The monoisotopic (exact) mass is 433 g/mol. The summed E-state index contributed by atoms with van der Waals surface area (Å²) in [6, 6.07) is 10.8. The molecule has 3 heterocycles. The van der Waals surface area contributed by atoms with Crippen molar-refractivity contribution in [2.75, 3.05) is 11.2 Å². The fraction of sp³-hybridized carbons (Fsp3) is 0.176. The number of furan rings is 1. The SMILES string of the molecule is CSc1n[n+]2c(c(=O)[nH]1)-c1ccccc1N(C(C)=O)C2c1ccc(Br)o1. The molecule has 0 fully saturated rings. The van der Waals surface area contributed by atoms with E-state index in [1.807, 2.05) is 24.5 Å². The van der Waals surface area contributed by atoms with Gasteiger partial charge in [0.2, 0.25) is 11.1 Å². The highest BCUT2D eigenvalue weighted by atomic mass is 79.9. The first kappa shape index (κ1) is 17.0. The summed E-state index contributed by atoms with van der Waals surface area (Å²) in [5, 5.41) is 5.00. The lowest BCUT2D eigenvalue weighted by Crippen LogP contribution is -2.60. The third-order valence-electron chi connectivity index (χ3n) is 4.14. The van der Waals surface area contributed by atoms with Gasteiger partial charge >= 0.3 is 17.4 Å². The van der Waals surface area contributed by atoms with Crippen LogP contribution in [0.15, 0.2) is 55.4 Å². The Kier molecular flexibility index (Phi) is 4.20. The van der Waals surface area contributed by atoms with Gasteiger partial charge in [-0.1, -0.05) is 23.9 Å². The van der Waals surface area contributed by atoms with Gasteiger partial charge in [-0.05, 0) is 51.1 Å². The lowest BCUT2D eigenvalue weighted by Gasteiger charge is -2.29. The van der Waals surface area contributed by atoms with Crippen molar-refractivity contribution in [2.24, 2.45) is 0 Å². The van der Waals surface area contributed by atoms with Crippen molar-refractivity contribution in [3.8, 4) is 11.3 Å². The third kappa shape index (κ3) is 2.58. The maximum Gasteiger partial charge on any atom is 0.325 e. The summed E-state index contributed by atoms with van der Waals surface area (Å²) >= 11 is 4.62. The lowest BCUT2D eigenvalue weighted by atomic mass is 10.0. The summed E-state index contributed by atoms with van der Waals surface area (Å²) in [6.07, 6.45) is 1.13.